The number of benzene rings is 1. The van der Waals surface area contributed by atoms with Crippen LogP contribution in [0.15, 0.2) is 30.3 Å². The molecule has 3 aromatic rings. The highest BCUT2D eigenvalue weighted by molar-refractivity contribution is 5.85. The molecular formula is C22H26N4O. The zero-order valence-electron chi connectivity index (χ0n) is 16.1. The van der Waals surface area contributed by atoms with Crippen LogP contribution in [0.1, 0.15) is 42.5 Å². The largest absolute Gasteiger partial charge is 0.368 e. The molecule has 1 spiro atoms. The van der Waals surface area contributed by atoms with Gasteiger partial charge in [0.05, 0.1) is 12.3 Å². The van der Waals surface area contributed by atoms with Crippen LogP contribution in [-0.4, -0.2) is 34.6 Å². The lowest BCUT2D eigenvalue weighted by Gasteiger charge is -2.44. The molecule has 0 amide bonds. The number of aryl methyl sites for hydroxylation is 2. The number of para-hydroxylation sites is 1. The summed E-state index contributed by atoms with van der Waals surface area (Å²) in [6.07, 6.45) is 3.83. The van der Waals surface area contributed by atoms with E-state index in [4.69, 9.17) is 9.72 Å². The fourth-order valence-corrected chi connectivity index (χ4v) is 4.69. The van der Waals surface area contributed by atoms with Gasteiger partial charge in [-0.15, -0.1) is 0 Å². The van der Waals surface area contributed by atoms with Crippen molar-refractivity contribution in [3.8, 4) is 0 Å². The van der Waals surface area contributed by atoms with Gasteiger partial charge in [0.1, 0.15) is 17.2 Å². The molecule has 0 bridgehead atoms. The van der Waals surface area contributed by atoms with E-state index in [1.807, 2.05) is 0 Å². The van der Waals surface area contributed by atoms with Crippen LogP contribution >= 0.6 is 0 Å². The topological polar surface area (TPSA) is 54.0 Å². The van der Waals surface area contributed by atoms with Gasteiger partial charge in [0.2, 0.25) is 0 Å². The number of hydrogen-bond acceptors (Lipinski definition) is 4. The summed E-state index contributed by atoms with van der Waals surface area (Å²) in [5, 5.41) is 1.36. The zero-order valence-corrected chi connectivity index (χ0v) is 16.1. The number of nitrogens with zero attached hydrogens (tertiary/aromatic N) is 3. The quantitative estimate of drug-likeness (QED) is 0.751. The molecule has 0 saturated carbocycles. The van der Waals surface area contributed by atoms with Gasteiger partial charge in [-0.1, -0.05) is 25.1 Å². The summed E-state index contributed by atoms with van der Waals surface area (Å²) in [5.74, 6) is 1.99. The van der Waals surface area contributed by atoms with Crippen molar-refractivity contribution in [2.24, 2.45) is 0 Å². The van der Waals surface area contributed by atoms with Crippen molar-refractivity contribution in [3.05, 3.63) is 53.1 Å². The van der Waals surface area contributed by atoms with Crippen molar-refractivity contribution in [1.82, 2.24) is 15.0 Å². The van der Waals surface area contributed by atoms with Crippen molar-refractivity contribution < 1.29 is 4.74 Å². The minimum absolute atomic E-state index is 0.182. The first-order valence-corrected chi connectivity index (χ1v) is 10.0. The van der Waals surface area contributed by atoms with Gasteiger partial charge in [-0.3, -0.25) is 0 Å². The van der Waals surface area contributed by atoms with E-state index in [0.717, 1.165) is 62.7 Å². The first-order valence-electron chi connectivity index (χ1n) is 10.0. The van der Waals surface area contributed by atoms with E-state index in [9.17, 15) is 0 Å². The second-order valence-electron chi connectivity index (χ2n) is 7.74. The third kappa shape index (κ3) is 2.72. The minimum Gasteiger partial charge on any atom is -0.368 e. The lowest BCUT2D eigenvalue weighted by Crippen LogP contribution is -2.47. The van der Waals surface area contributed by atoms with Crippen LogP contribution in [0.3, 0.4) is 0 Å². The van der Waals surface area contributed by atoms with Gasteiger partial charge in [0, 0.05) is 42.2 Å². The van der Waals surface area contributed by atoms with Crippen LogP contribution in [0.5, 0.6) is 0 Å². The van der Waals surface area contributed by atoms with Crippen LogP contribution in [0.4, 0.5) is 5.82 Å². The summed E-state index contributed by atoms with van der Waals surface area (Å²) in [6.45, 7) is 6.87. The second kappa shape index (κ2) is 6.34. The Hall–Kier alpha value is -2.40. The molecule has 1 saturated heterocycles. The maximum atomic E-state index is 6.42. The summed E-state index contributed by atoms with van der Waals surface area (Å²) in [4.78, 5) is 15.3. The molecule has 0 atom stereocenters. The highest BCUT2D eigenvalue weighted by atomic mass is 16.5. The summed E-state index contributed by atoms with van der Waals surface area (Å²) < 4.78 is 6.42. The van der Waals surface area contributed by atoms with Gasteiger partial charge in [0.15, 0.2) is 0 Å². The number of aromatic amines is 1. The fourth-order valence-electron chi connectivity index (χ4n) is 4.69. The van der Waals surface area contributed by atoms with E-state index in [1.54, 1.807) is 0 Å². The maximum Gasteiger partial charge on any atom is 0.132 e. The van der Waals surface area contributed by atoms with Crippen LogP contribution < -0.4 is 4.90 Å². The maximum absolute atomic E-state index is 6.42. The average Bonchev–Trinajstić information content (AvgIpc) is 3.09. The molecule has 4 heterocycles. The smallest absolute Gasteiger partial charge is 0.132 e. The number of anilines is 1. The van der Waals surface area contributed by atoms with Crippen molar-refractivity contribution in [2.75, 3.05) is 24.6 Å². The molecule has 5 nitrogen and oxygen atoms in total. The van der Waals surface area contributed by atoms with Crippen LogP contribution in [0.2, 0.25) is 0 Å². The molecular weight excluding hydrogens is 336 g/mol. The van der Waals surface area contributed by atoms with Crippen molar-refractivity contribution in [2.45, 2.75) is 45.1 Å². The number of hydrogen-bond donors (Lipinski definition) is 1. The highest BCUT2D eigenvalue weighted by Crippen LogP contribution is 2.43. The van der Waals surface area contributed by atoms with Gasteiger partial charge >= 0.3 is 0 Å². The Labute approximate surface area is 159 Å². The molecule has 5 heteroatoms. The SMILES string of the molecule is CCc1nc(C)cc(N2CCC3(CC2)OCCc2c3[nH]c3ccccc23)n1. The second-order valence-corrected chi connectivity index (χ2v) is 7.74. The van der Waals surface area contributed by atoms with Crippen LogP contribution in [0.25, 0.3) is 10.9 Å². The number of ether oxygens (including phenoxy) is 1. The third-order valence-corrected chi connectivity index (χ3v) is 6.10. The Kier molecular flexibility index (Phi) is 3.93. The molecule has 1 aromatic carbocycles. The summed E-state index contributed by atoms with van der Waals surface area (Å²) in [6, 6.07) is 10.7. The molecule has 27 heavy (non-hydrogen) atoms. The molecule has 5 rings (SSSR count). The van der Waals surface area contributed by atoms with Crippen molar-refractivity contribution >= 4 is 16.7 Å². The van der Waals surface area contributed by atoms with Crippen molar-refractivity contribution in [1.29, 1.82) is 0 Å². The Morgan fingerprint density at radius 1 is 1.19 bits per heavy atom. The third-order valence-electron chi connectivity index (χ3n) is 6.10. The molecule has 0 radical (unpaired) electrons. The van der Waals surface area contributed by atoms with E-state index in [2.05, 4.69) is 59.0 Å². The Morgan fingerprint density at radius 3 is 2.81 bits per heavy atom. The lowest BCUT2D eigenvalue weighted by molar-refractivity contribution is -0.0791. The van der Waals surface area contributed by atoms with E-state index >= 15 is 0 Å². The number of fused-ring (bicyclic) bond motifs is 4. The monoisotopic (exact) mass is 362 g/mol. The predicted octanol–water partition coefficient (Wildman–Crippen LogP) is 3.90. The molecule has 0 aliphatic carbocycles. The first-order chi connectivity index (χ1) is 13.2. The summed E-state index contributed by atoms with van der Waals surface area (Å²) in [7, 11) is 0. The van der Waals surface area contributed by atoms with Gasteiger partial charge in [-0.05, 0) is 37.8 Å². The number of aromatic nitrogens is 3. The molecule has 0 unspecified atom stereocenters. The van der Waals surface area contributed by atoms with Gasteiger partial charge in [0.25, 0.3) is 0 Å². The van der Waals surface area contributed by atoms with Crippen molar-refractivity contribution in [3.63, 3.8) is 0 Å². The van der Waals surface area contributed by atoms with Crippen LogP contribution in [0, 0.1) is 6.92 Å². The number of piperidine rings is 1. The van der Waals surface area contributed by atoms with E-state index < -0.39 is 0 Å². The summed E-state index contributed by atoms with van der Waals surface area (Å²) in [5.41, 5.74) is 4.86. The van der Waals surface area contributed by atoms with E-state index in [0.29, 0.717) is 0 Å². The predicted molar refractivity (Wildman–Crippen MR) is 107 cm³/mol. The molecule has 2 aliphatic heterocycles. The summed E-state index contributed by atoms with van der Waals surface area (Å²) >= 11 is 0. The Bertz CT molecular complexity index is 985. The van der Waals surface area contributed by atoms with Gasteiger partial charge < -0.3 is 14.6 Å². The lowest BCUT2D eigenvalue weighted by atomic mass is 9.83. The van der Waals surface area contributed by atoms with E-state index in [1.165, 1.54) is 22.2 Å². The molecule has 2 aromatic heterocycles. The molecule has 140 valence electrons. The Morgan fingerprint density at radius 2 is 2.00 bits per heavy atom. The first kappa shape index (κ1) is 16.8. The van der Waals surface area contributed by atoms with Gasteiger partial charge in [-0.2, -0.15) is 0 Å². The minimum atomic E-state index is -0.182. The molecule has 1 N–H and O–H groups in total. The highest BCUT2D eigenvalue weighted by Gasteiger charge is 2.43. The fraction of sp³-hybridized carbons (Fsp3) is 0.455. The van der Waals surface area contributed by atoms with E-state index in [-0.39, 0.29) is 5.60 Å². The normalized spacial score (nSPS) is 18.8. The molecule has 1 fully saturated rings. The Balaban J connectivity index is 1.45. The standard InChI is InChI=1S/C22H26N4O/c1-3-19-23-15(2)14-20(25-19)26-11-9-22(10-12-26)21-17(8-13-27-22)16-6-4-5-7-18(16)24-21/h4-7,14,24H,3,8-13H2,1-2H3. The average molecular weight is 362 g/mol. The number of H-pyrrole nitrogens is 1. The number of nitrogens with one attached hydrogen (secondary N) is 1. The number of rotatable bonds is 2. The molecule has 2 aliphatic rings. The zero-order chi connectivity index (χ0) is 18.4. The van der Waals surface area contributed by atoms with Gasteiger partial charge in [-0.25, -0.2) is 9.97 Å². The van der Waals surface area contributed by atoms with Crippen LogP contribution in [-0.2, 0) is 23.2 Å².